The lowest BCUT2D eigenvalue weighted by atomic mass is 9.84. The Morgan fingerprint density at radius 1 is 1.48 bits per heavy atom. The number of aromatic nitrogens is 1. The first-order valence-electron chi connectivity index (χ1n) is 7.05. The second kappa shape index (κ2) is 7.80. The summed E-state index contributed by atoms with van der Waals surface area (Å²) < 4.78 is 11.9. The lowest BCUT2D eigenvalue weighted by Gasteiger charge is -2.28. The fourth-order valence-electron chi connectivity index (χ4n) is 1.78. The van der Waals surface area contributed by atoms with Crippen LogP contribution in [0.25, 0.3) is 0 Å². The summed E-state index contributed by atoms with van der Waals surface area (Å²) in [7, 11) is 1.55. The summed E-state index contributed by atoms with van der Waals surface area (Å²) in [5, 5.41) is 10.6. The fourth-order valence-corrected chi connectivity index (χ4v) is 2.17. The molecule has 0 spiro atoms. The molecule has 5 heteroatoms. The molecule has 0 saturated carbocycles. The van der Waals surface area contributed by atoms with Gasteiger partial charge in [0.1, 0.15) is 11.8 Å². The third kappa shape index (κ3) is 4.20. The minimum Gasteiger partial charge on any atom is -0.491 e. The summed E-state index contributed by atoms with van der Waals surface area (Å²) in [5.74, 6) is 1.04. The Morgan fingerprint density at radius 3 is 2.67 bits per heavy atom. The summed E-state index contributed by atoms with van der Waals surface area (Å²) in [6.45, 7) is 10.2. The van der Waals surface area contributed by atoms with Crippen LogP contribution in [-0.2, 0) is 0 Å². The van der Waals surface area contributed by atoms with E-state index in [1.807, 2.05) is 13.8 Å². The van der Waals surface area contributed by atoms with Crippen LogP contribution >= 0.6 is 15.9 Å². The van der Waals surface area contributed by atoms with Crippen LogP contribution in [0.5, 0.6) is 11.5 Å². The van der Waals surface area contributed by atoms with Gasteiger partial charge in [-0.2, -0.15) is 0 Å². The van der Waals surface area contributed by atoms with Gasteiger partial charge in [-0.3, -0.25) is 4.98 Å². The average molecular weight is 358 g/mol. The maximum absolute atomic E-state index is 10.6. The van der Waals surface area contributed by atoms with Crippen molar-refractivity contribution < 1.29 is 14.6 Å². The van der Waals surface area contributed by atoms with Crippen LogP contribution in [0.1, 0.15) is 45.4 Å². The van der Waals surface area contributed by atoms with E-state index in [2.05, 4.69) is 34.4 Å². The fraction of sp³-hybridized carbons (Fsp3) is 0.562. The molecule has 0 saturated heterocycles. The first-order valence-corrected chi connectivity index (χ1v) is 7.85. The number of nitrogens with zero attached hydrogens (tertiary/aromatic N) is 1. The second-order valence-corrected chi connectivity index (χ2v) is 6.34. The van der Waals surface area contributed by atoms with Crippen molar-refractivity contribution in [2.45, 2.75) is 39.7 Å². The smallest absolute Gasteiger partial charge is 0.186 e. The van der Waals surface area contributed by atoms with Crippen molar-refractivity contribution in [1.29, 1.82) is 0 Å². The van der Waals surface area contributed by atoms with E-state index in [-0.39, 0.29) is 0 Å². The van der Waals surface area contributed by atoms with Crippen molar-refractivity contribution >= 4 is 15.9 Å². The van der Waals surface area contributed by atoms with Gasteiger partial charge in [-0.1, -0.05) is 33.3 Å². The van der Waals surface area contributed by atoms with Gasteiger partial charge in [0, 0.05) is 11.6 Å². The summed E-state index contributed by atoms with van der Waals surface area (Å²) >= 11 is 3.42. The van der Waals surface area contributed by atoms with Gasteiger partial charge >= 0.3 is 0 Å². The van der Waals surface area contributed by atoms with Crippen LogP contribution in [0.15, 0.2) is 23.3 Å². The first kappa shape index (κ1) is 18.0. The van der Waals surface area contributed by atoms with Crippen LogP contribution < -0.4 is 9.47 Å². The summed E-state index contributed by atoms with van der Waals surface area (Å²) in [6.07, 6.45) is 4.50. The quantitative estimate of drug-likeness (QED) is 0.557. The molecule has 1 aromatic rings. The number of pyridine rings is 1. The molecule has 0 amide bonds. The van der Waals surface area contributed by atoms with Crippen molar-refractivity contribution in [2.75, 3.05) is 13.7 Å². The minimum absolute atomic E-state index is 0.456. The maximum atomic E-state index is 10.6. The molecular formula is C16H24BrNO3. The molecule has 1 atom stereocenters. The largest absolute Gasteiger partial charge is 0.491 e. The highest BCUT2D eigenvalue weighted by Gasteiger charge is 2.31. The van der Waals surface area contributed by atoms with Gasteiger partial charge in [-0.25, -0.2) is 0 Å². The molecule has 0 aliphatic carbocycles. The van der Waals surface area contributed by atoms with E-state index in [9.17, 15) is 5.11 Å². The molecule has 0 fully saturated rings. The number of unbranched alkanes of at least 4 members (excludes halogenated alkanes) is 1. The highest BCUT2D eigenvalue weighted by Crippen LogP contribution is 2.44. The van der Waals surface area contributed by atoms with Crippen molar-refractivity contribution in [3.63, 3.8) is 0 Å². The Labute approximate surface area is 135 Å². The van der Waals surface area contributed by atoms with Crippen LogP contribution in [-0.4, -0.2) is 23.8 Å². The molecule has 1 rings (SSSR count). The van der Waals surface area contributed by atoms with Gasteiger partial charge < -0.3 is 14.6 Å². The molecule has 118 valence electrons. The third-order valence-electron chi connectivity index (χ3n) is 3.41. The molecule has 4 nitrogen and oxygen atoms in total. The Balaban J connectivity index is 3.22. The van der Waals surface area contributed by atoms with E-state index in [0.717, 1.165) is 12.8 Å². The van der Waals surface area contributed by atoms with Crippen molar-refractivity contribution in [2.24, 2.45) is 5.41 Å². The van der Waals surface area contributed by atoms with Crippen LogP contribution in [0.2, 0.25) is 0 Å². The van der Waals surface area contributed by atoms with E-state index < -0.39 is 11.5 Å². The van der Waals surface area contributed by atoms with E-state index >= 15 is 0 Å². The molecule has 0 aliphatic heterocycles. The summed E-state index contributed by atoms with van der Waals surface area (Å²) in [6, 6.07) is 0. The molecule has 0 aliphatic rings. The molecule has 0 radical (unpaired) electrons. The molecule has 0 bridgehead atoms. The number of aliphatic hydroxyl groups excluding tert-OH is 1. The number of methoxy groups -OCH3 is 1. The lowest BCUT2D eigenvalue weighted by molar-refractivity contribution is 0.0748. The van der Waals surface area contributed by atoms with Crippen LogP contribution in [0.3, 0.4) is 0 Å². The SMILES string of the molecule is C=CC(C)(C)C(O)c1ncc(Br)c(OCCCC)c1OC. The predicted molar refractivity (Wildman–Crippen MR) is 87.8 cm³/mol. The Hall–Kier alpha value is -1.07. The minimum atomic E-state index is -0.827. The van der Waals surface area contributed by atoms with Crippen molar-refractivity contribution in [3.05, 3.63) is 29.0 Å². The number of halogens is 1. The molecule has 1 unspecified atom stereocenters. The van der Waals surface area contributed by atoms with Crippen molar-refractivity contribution in [1.82, 2.24) is 4.98 Å². The van der Waals surface area contributed by atoms with Gasteiger partial charge in [0.25, 0.3) is 0 Å². The lowest BCUT2D eigenvalue weighted by Crippen LogP contribution is -2.21. The summed E-state index contributed by atoms with van der Waals surface area (Å²) in [4.78, 5) is 4.30. The molecule has 0 aromatic carbocycles. The second-order valence-electron chi connectivity index (χ2n) is 5.48. The van der Waals surface area contributed by atoms with E-state index in [1.165, 1.54) is 0 Å². The number of rotatable bonds is 8. The number of hydrogen-bond acceptors (Lipinski definition) is 4. The van der Waals surface area contributed by atoms with Crippen LogP contribution in [0.4, 0.5) is 0 Å². The third-order valence-corrected chi connectivity index (χ3v) is 3.98. The average Bonchev–Trinajstić information content (AvgIpc) is 2.48. The normalized spacial score (nSPS) is 12.9. The van der Waals surface area contributed by atoms with E-state index in [1.54, 1.807) is 19.4 Å². The van der Waals surface area contributed by atoms with E-state index in [4.69, 9.17) is 9.47 Å². The first-order chi connectivity index (χ1) is 9.88. The van der Waals surface area contributed by atoms with Gasteiger partial charge in [0.15, 0.2) is 11.5 Å². The van der Waals surface area contributed by atoms with Gasteiger partial charge in [0.05, 0.1) is 18.2 Å². The zero-order chi connectivity index (χ0) is 16.0. The highest BCUT2D eigenvalue weighted by atomic mass is 79.9. The van der Waals surface area contributed by atoms with Crippen LogP contribution in [0, 0.1) is 5.41 Å². The van der Waals surface area contributed by atoms with Gasteiger partial charge in [-0.05, 0) is 22.4 Å². The highest BCUT2D eigenvalue weighted by molar-refractivity contribution is 9.10. The van der Waals surface area contributed by atoms with Gasteiger partial charge in [-0.15, -0.1) is 6.58 Å². The standard InChI is InChI=1S/C16H24BrNO3/c1-6-8-9-21-13-11(17)10-18-12(14(13)20-5)15(19)16(3,4)7-2/h7,10,15,19H,2,6,8-9H2,1,3-5H3. The Kier molecular flexibility index (Phi) is 6.68. The number of hydrogen-bond donors (Lipinski definition) is 1. The maximum Gasteiger partial charge on any atom is 0.186 e. The summed E-state index contributed by atoms with van der Waals surface area (Å²) in [5.41, 5.74) is -0.0634. The Morgan fingerprint density at radius 2 is 2.14 bits per heavy atom. The van der Waals surface area contributed by atoms with Crippen molar-refractivity contribution in [3.8, 4) is 11.5 Å². The predicted octanol–water partition coefficient (Wildman–Crippen LogP) is 4.28. The molecule has 1 aromatic heterocycles. The monoisotopic (exact) mass is 357 g/mol. The zero-order valence-corrected chi connectivity index (χ0v) is 14.7. The van der Waals surface area contributed by atoms with E-state index in [0.29, 0.717) is 28.3 Å². The molecule has 1 N–H and O–H groups in total. The molecule has 21 heavy (non-hydrogen) atoms. The zero-order valence-electron chi connectivity index (χ0n) is 13.1. The molecule has 1 heterocycles. The van der Waals surface area contributed by atoms with Gasteiger partial charge in [0.2, 0.25) is 0 Å². The Bertz CT molecular complexity index is 489. The molecular weight excluding hydrogens is 334 g/mol. The number of aliphatic hydroxyl groups is 1. The topological polar surface area (TPSA) is 51.6 Å². The number of ether oxygens (including phenoxy) is 2.